The number of aryl methyl sites for hydroxylation is 1. The summed E-state index contributed by atoms with van der Waals surface area (Å²) >= 11 is 0. The molecule has 1 fully saturated rings. The molecule has 2 heterocycles. The van der Waals surface area contributed by atoms with E-state index >= 15 is 0 Å². The molecule has 12 nitrogen and oxygen atoms in total. The van der Waals surface area contributed by atoms with Crippen LogP contribution >= 0.6 is 0 Å². The first-order chi connectivity index (χ1) is 22.7. The number of nitrogens with zero attached hydrogens (tertiary/aromatic N) is 2. The Kier molecular flexibility index (Phi) is 15.4. The number of aliphatic hydroxyl groups excluding tert-OH is 1. The smallest absolute Gasteiger partial charge is 0.310 e. The predicted octanol–water partition coefficient (Wildman–Crippen LogP) is 4.60. The lowest BCUT2D eigenvalue weighted by molar-refractivity contribution is -0.143. The molecule has 1 unspecified atom stereocenters. The number of aliphatic carboxylic acids is 1. The Bertz CT molecular complexity index is 1620. The van der Waals surface area contributed by atoms with Crippen LogP contribution in [0.5, 0.6) is 0 Å². The summed E-state index contributed by atoms with van der Waals surface area (Å²) in [7, 11) is 0. The predicted molar refractivity (Wildman–Crippen MR) is 182 cm³/mol. The third kappa shape index (κ3) is 10.6. The van der Waals surface area contributed by atoms with Crippen molar-refractivity contribution in [2.75, 3.05) is 36.8 Å². The zero-order chi connectivity index (χ0) is 34.9. The summed E-state index contributed by atoms with van der Waals surface area (Å²) in [5.41, 5.74) is 0.185. The van der Waals surface area contributed by atoms with Gasteiger partial charge in [-0.2, -0.15) is 0 Å². The van der Waals surface area contributed by atoms with Gasteiger partial charge in [-0.1, -0.05) is 64.1 Å². The molecule has 12 heteroatoms. The minimum absolute atomic E-state index is 0.0123. The number of hydrogen-bond acceptors (Lipinski definition) is 9. The standard InChI is InChI=1S/C26H26N4O7.C5H6O.2C2H6/c31-15-29-9-10-30(14-17(13-29)26(36)37)25(35)19-8-4-7-18(11-20(19)32)28-22-21(23(33)24(22)34)27-12-16-5-2-1-3-6-16;1-5-3-2-4-6-5;2*1-2/h1-8,15,17,27-28,32H,9-14H2,(H,36,37);2-4H,1H3;2*1-2H3. The van der Waals surface area contributed by atoms with Crippen molar-refractivity contribution in [1.82, 2.24) is 9.80 Å². The average molecular weight is 649 g/mol. The fraction of sp³-hybridized carbons (Fsp3) is 0.343. The second-order valence-electron chi connectivity index (χ2n) is 10.1. The number of nitrogens with one attached hydrogen (secondary N) is 2. The molecule has 4 N–H and O–H groups in total. The van der Waals surface area contributed by atoms with E-state index in [1.165, 1.54) is 22.0 Å². The lowest BCUT2D eigenvalue weighted by Gasteiger charge is -2.23. The molecule has 1 aliphatic heterocycles. The van der Waals surface area contributed by atoms with Crippen LogP contribution in [-0.2, 0) is 20.9 Å². The van der Waals surface area contributed by atoms with Gasteiger partial charge in [0, 0.05) is 44.8 Å². The zero-order valence-electron chi connectivity index (χ0n) is 27.5. The first-order valence-electron chi connectivity index (χ1n) is 15.6. The van der Waals surface area contributed by atoms with E-state index in [0.717, 1.165) is 11.3 Å². The van der Waals surface area contributed by atoms with Gasteiger partial charge in [0.05, 0.1) is 17.8 Å². The second kappa shape index (κ2) is 19.2. The zero-order valence-corrected chi connectivity index (χ0v) is 27.5. The molecule has 1 saturated heterocycles. The Morgan fingerprint density at radius 2 is 1.66 bits per heavy atom. The number of carboxylic acid groups (broad SMARTS) is 1. The third-order valence-electron chi connectivity index (χ3n) is 6.97. The van der Waals surface area contributed by atoms with Crippen LogP contribution in [0.25, 0.3) is 0 Å². The third-order valence-corrected chi connectivity index (χ3v) is 6.97. The van der Waals surface area contributed by atoms with Gasteiger partial charge in [-0.05, 0) is 36.8 Å². The van der Waals surface area contributed by atoms with Crippen molar-refractivity contribution in [1.29, 1.82) is 0 Å². The number of amides is 2. The van der Waals surface area contributed by atoms with E-state index < -0.39 is 28.7 Å². The van der Waals surface area contributed by atoms with E-state index in [-0.39, 0.29) is 55.3 Å². The largest absolute Gasteiger partial charge is 0.511 e. The molecule has 0 radical (unpaired) electrons. The minimum Gasteiger partial charge on any atom is -0.511 e. The highest BCUT2D eigenvalue weighted by molar-refractivity contribution is 5.97. The van der Waals surface area contributed by atoms with Crippen molar-refractivity contribution in [3.63, 3.8) is 0 Å². The Morgan fingerprint density at radius 3 is 2.23 bits per heavy atom. The van der Waals surface area contributed by atoms with Crippen LogP contribution in [0.3, 0.4) is 0 Å². The van der Waals surface area contributed by atoms with Crippen molar-refractivity contribution in [3.05, 3.63) is 116 Å². The van der Waals surface area contributed by atoms with Gasteiger partial charge in [0.25, 0.3) is 16.8 Å². The molecule has 2 aromatic carbocycles. The Morgan fingerprint density at radius 1 is 0.979 bits per heavy atom. The summed E-state index contributed by atoms with van der Waals surface area (Å²) in [6.07, 6.45) is 6.59. The summed E-state index contributed by atoms with van der Waals surface area (Å²) in [6, 6.07) is 13.1. The SMILES string of the molecule is CC.CC.Cc1ccco1.O=CN1CCN(C(=O)C2=C(O)CC(Nc3c(NCc4ccccc4)c(=O)c3=O)=CC=C2)CC(C(=O)O)C1. The van der Waals surface area contributed by atoms with Crippen LogP contribution < -0.4 is 21.5 Å². The molecule has 1 atom stereocenters. The van der Waals surface area contributed by atoms with Crippen LogP contribution in [0, 0.1) is 12.8 Å². The maximum atomic E-state index is 13.2. The molecule has 3 aromatic rings. The number of benzene rings is 1. The summed E-state index contributed by atoms with van der Waals surface area (Å²) in [6.45, 7) is 10.4. The van der Waals surface area contributed by atoms with Gasteiger partial charge in [-0.25, -0.2) is 0 Å². The van der Waals surface area contributed by atoms with Crippen molar-refractivity contribution < 1.29 is 29.0 Å². The number of furan rings is 1. The van der Waals surface area contributed by atoms with E-state index in [9.17, 15) is 34.2 Å². The number of hydrogen-bond donors (Lipinski definition) is 4. The molecule has 0 bridgehead atoms. The Balaban J connectivity index is 0.000000671. The van der Waals surface area contributed by atoms with E-state index in [4.69, 9.17) is 4.42 Å². The number of allylic oxidation sites excluding steroid dienone is 2. The second-order valence-corrected chi connectivity index (χ2v) is 10.1. The molecule has 0 spiro atoms. The van der Waals surface area contributed by atoms with Crippen LogP contribution in [0.2, 0.25) is 0 Å². The van der Waals surface area contributed by atoms with Gasteiger partial charge in [0.1, 0.15) is 22.9 Å². The van der Waals surface area contributed by atoms with Gasteiger partial charge in [0.15, 0.2) is 0 Å². The lowest BCUT2D eigenvalue weighted by Crippen LogP contribution is -2.39. The van der Waals surface area contributed by atoms with Gasteiger partial charge >= 0.3 is 5.97 Å². The maximum absolute atomic E-state index is 13.2. The summed E-state index contributed by atoms with van der Waals surface area (Å²) in [4.78, 5) is 62.9. The van der Waals surface area contributed by atoms with Crippen LogP contribution in [-0.4, -0.2) is 64.5 Å². The minimum atomic E-state index is -1.13. The van der Waals surface area contributed by atoms with Crippen LogP contribution in [0.15, 0.2) is 98.0 Å². The molecule has 2 aliphatic rings. The highest BCUT2D eigenvalue weighted by Gasteiger charge is 2.31. The number of carbonyl (C=O) groups excluding carboxylic acids is 2. The molecule has 252 valence electrons. The van der Waals surface area contributed by atoms with Gasteiger partial charge in [0.2, 0.25) is 6.41 Å². The number of anilines is 2. The number of carbonyl (C=O) groups is 3. The summed E-state index contributed by atoms with van der Waals surface area (Å²) in [5, 5.41) is 26.1. The van der Waals surface area contributed by atoms with Crippen molar-refractivity contribution >= 4 is 29.7 Å². The topological polar surface area (TPSA) is 169 Å². The average Bonchev–Trinajstić information content (AvgIpc) is 3.36. The van der Waals surface area contributed by atoms with E-state index in [1.54, 1.807) is 12.3 Å². The fourth-order valence-corrected chi connectivity index (χ4v) is 4.60. The quantitative estimate of drug-likeness (QED) is 0.200. The van der Waals surface area contributed by atoms with E-state index in [1.807, 2.05) is 77.1 Å². The normalized spacial score (nSPS) is 15.7. The number of aliphatic hydroxyl groups is 1. The first-order valence-corrected chi connectivity index (χ1v) is 15.6. The highest BCUT2D eigenvalue weighted by Crippen LogP contribution is 2.25. The Hall–Kier alpha value is -5.39. The maximum Gasteiger partial charge on any atom is 0.310 e. The number of rotatable bonds is 8. The molecule has 2 amide bonds. The first kappa shape index (κ1) is 37.8. The van der Waals surface area contributed by atoms with Gasteiger partial charge in [-0.15, -0.1) is 0 Å². The van der Waals surface area contributed by atoms with E-state index in [0.29, 0.717) is 18.7 Å². The van der Waals surface area contributed by atoms with Crippen molar-refractivity contribution in [3.8, 4) is 0 Å². The summed E-state index contributed by atoms with van der Waals surface area (Å²) in [5.74, 6) is -1.96. The molecular formula is C35H44N4O8. The highest BCUT2D eigenvalue weighted by atomic mass is 16.4. The molecular weight excluding hydrogens is 604 g/mol. The number of carboxylic acids is 1. The molecule has 1 aliphatic carbocycles. The molecule has 47 heavy (non-hydrogen) atoms. The van der Waals surface area contributed by atoms with Crippen molar-refractivity contribution in [2.24, 2.45) is 5.92 Å². The molecule has 5 rings (SSSR count). The molecule has 0 saturated carbocycles. The van der Waals surface area contributed by atoms with Gasteiger partial charge < -0.3 is 35.1 Å². The van der Waals surface area contributed by atoms with Gasteiger partial charge in [-0.3, -0.25) is 24.0 Å². The van der Waals surface area contributed by atoms with Crippen LogP contribution in [0.4, 0.5) is 11.4 Å². The fourth-order valence-electron chi connectivity index (χ4n) is 4.60. The van der Waals surface area contributed by atoms with Crippen LogP contribution in [0.1, 0.15) is 45.4 Å². The lowest BCUT2D eigenvalue weighted by atomic mass is 10.1. The summed E-state index contributed by atoms with van der Waals surface area (Å²) < 4.78 is 4.83. The molecule has 1 aromatic heterocycles. The van der Waals surface area contributed by atoms with E-state index in [2.05, 4.69) is 10.6 Å². The Labute approximate surface area is 274 Å². The monoisotopic (exact) mass is 648 g/mol. The van der Waals surface area contributed by atoms with Crippen molar-refractivity contribution in [2.45, 2.75) is 47.6 Å².